The van der Waals surface area contributed by atoms with Crippen LogP contribution in [0.4, 0.5) is 8.78 Å². The van der Waals surface area contributed by atoms with Gasteiger partial charge in [0, 0.05) is 97.5 Å². The van der Waals surface area contributed by atoms with Crippen molar-refractivity contribution in [2.45, 2.75) is 60.3 Å². The molecule has 531 valence electrons. The Bertz CT molecular complexity index is 4670. The van der Waals surface area contributed by atoms with E-state index in [0.717, 1.165) is 114 Å². The van der Waals surface area contributed by atoms with Crippen LogP contribution in [0.5, 0.6) is 0 Å². The Balaban J connectivity index is 0.000000179. The van der Waals surface area contributed by atoms with E-state index in [0.29, 0.717) is 5.92 Å². The second-order valence-electron chi connectivity index (χ2n) is 24.4. The van der Waals surface area contributed by atoms with Crippen LogP contribution in [0.2, 0.25) is 0 Å². The first-order valence-electron chi connectivity index (χ1n) is 34.1. The summed E-state index contributed by atoms with van der Waals surface area (Å²) >= 11 is 0. The summed E-state index contributed by atoms with van der Waals surface area (Å²) in [5.74, 6) is 0.299. The second-order valence-corrected chi connectivity index (χ2v) is 24.4. The molecule has 11 heteroatoms. The van der Waals surface area contributed by atoms with Crippen molar-refractivity contribution < 1.29 is 69.1 Å². The molecule has 0 fully saturated rings. The number of rotatable bonds is 13. The Kier molecular flexibility index (Phi) is 34.1. The van der Waals surface area contributed by atoms with E-state index < -0.39 is 0 Å². The Hall–Kier alpha value is -10.3. The van der Waals surface area contributed by atoms with E-state index in [4.69, 9.17) is 0 Å². The molecule has 0 aliphatic rings. The number of aryl methyl sites for hydroxylation is 2. The van der Waals surface area contributed by atoms with Gasteiger partial charge in [0.05, 0.1) is 0 Å². The van der Waals surface area contributed by atoms with Crippen molar-refractivity contribution in [1.29, 1.82) is 0 Å². The SMILES string of the molecule is CC(C)Cc1cc(-c2ccnc(-c3[c-]cccc3)c2)ccc1F.CC(C)c1cc(-c2ccnc(-c3[c-]cccc3)c2)ccc1F.CCc1cc(-c2ccnc(-c3[c-]cccc3)c2)ccc1C.[Ir].[Ir].[Ir].[c-]1ccccc1-c1ccccn1.[c-]1ccccc1-c1ccccn1.[c-]1ccccc1-c1ccccn1. The van der Waals surface area contributed by atoms with E-state index in [1.165, 1.54) is 22.3 Å². The number of hydrogen-bond acceptors (Lipinski definition) is 6. The van der Waals surface area contributed by atoms with Crippen LogP contribution in [0.15, 0.2) is 328 Å². The summed E-state index contributed by atoms with van der Waals surface area (Å²) in [5.41, 5.74) is 22.5. The maximum Gasteiger partial charge on any atom is 0.126 e. The second kappa shape index (κ2) is 43.7. The van der Waals surface area contributed by atoms with Gasteiger partial charge >= 0.3 is 0 Å². The fourth-order valence-corrected chi connectivity index (χ4v) is 10.9. The van der Waals surface area contributed by atoms with E-state index in [-0.39, 0.29) is 77.9 Å². The van der Waals surface area contributed by atoms with E-state index in [1.807, 2.05) is 269 Å². The maximum atomic E-state index is 14.0. The quantitative estimate of drug-likeness (QED) is 0.107. The normalized spacial score (nSPS) is 10.1. The van der Waals surface area contributed by atoms with Crippen LogP contribution in [0.1, 0.15) is 62.8 Å². The zero-order chi connectivity index (χ0) is 71.1. The van der Waals surface area contributed by atoms with Gasteiger partial charge in [0.25, 0.3) is 0 Å². The number of nitrogens with zero attached hydrogens (tertiary/aromatic N) is 6. The molecule has 0 saturated carbocycles. The molecule has 15 rings (SSSR count). The molecule has 15 aromatic rings. The molecule has 3 radical (unpaired) electrons. The molecule has 0 amide bonds. The summed E-state index contributed by atoms with van der Waals surface area (Å²) in [6, 6.07) is 113. The summed E-state index contributed by atoms with van der Waals surface area (Å²) in [6.45, 7) is 12.6. The molecule has 0 N–H and O–H groups in total. The minimum atomic E-state index is -0.149. The third-order valence-corrected chi connectivity index (χ3v) is 16.2. The average molecular weight is 1910 g/mol. The molecule has 9 aromatic carbocycles. The third-order valence-electron chi connectivity index (χ3n) is 16.2. The summed E-state index contributed by atoms with van der Waals surface area (Å²) in [5, 5.41) is 0. The standard InChI is InChI=1S/C21H19FN.C20H17FN.C20H18N.3C11H8N.3Ir/c1-15(2)12-19-13-17(8-9-20(19)22)18-10-11-23-21(14-18)16-6-4-3-5-7-16;1-14(2)18-12-16(8-9-19(18)21)17-10-11-22-20(13-17)15-6-4-3-5-7-15;1-3-16-13-18(10-9-15(16)2)19-11-12-21-20(14-19)17-7-5-4-6-8-17;3*1-2-6-10(7-3-1)11-8-4-5-9-12-11;;;/h3-6,8-11,13-15H,12H2,1-2H3;3-6,8-14H,1-2H3;4-7,9-14H,3H2,1-2H3;3*1-6,8-9H;;;/q6*-1;;;. The zero-order valence-corrected chi connectivity index (χ0v) is 66.4. The van der Waals surface area contributed by atoms with E-state index in [9.17, 15) is 8.78 Å². The van der Waals surface area contributed by atoms with Gasteiger partial charge in [-0.15, -0.1) is 215 Å². The summed E-state index contributed by atoms with van der Waals surface area (Å²) in [4.78, 5) is 25.9. The third kappa shape index (κ3) is 25.2. The van der Waals surface area contributed by atoms with Gasteiger partial charge in [0.15, 0.2) is 0 Å². The number of halogens is 2. The topological polar surface area (TPSA) is 77.3 Å². The van der Waals surface area contributed by atoms with Crippen LogP contribution >= 0.6 is 0 Å². The smallest absolute Gasteiger partial charge is 0.126 e. The molecule has 0 bridgehead atoms. The van der Waals surface area contributed by atoms with E-state index in [2.05, 4.69) is 124 Å². The molecule has 105 heavy (non-hydrogen) atoms. The van der Waals surface area contributed by atoms with Gasteiger partial charge in [-0.05, 0) is 182 Å². The molecule has 0 aliphatic heterocycles. The van der Waals surface area contributed by atoms with Crippen molar-refractivity contribution in [2.75, 3.05) is 0 Å². The maximum absolute atomic E-state index is 14.0. The molecule has 0 saturated heterocycles. The number of pyridine rings is 6. The Morgan fingerprint density at radius 2 is 0.590 bits per heavy atom. The van der Waals surface area contributed by atoms with Gasteiger partial charge in [-0.1, -0.05) is 120 Å². The molecule has 6 heterocycles. The summed E-state index contributed by atoms with van der Waals surface area (Å²) in [7, 11) is 0. The minimum Gasteiger partial charge on any atom is -0.305 e. The van der Waals surface area contributed by atoms with Gasteiger partial charge < -0.3 is 29.9 Å². The fourth-order valence-electron chi connectivity index (χ4n) is 10.9. The molecular formula is C94H78F2Ir3N6-6. The van der Waals surface area contributed by atoms with Crippen LogP contribution < -0.4 is 0 Å². The summed E-state index contributed by atoms with van der Waals surface area (Å²) < 4.78 is 27.8. The molecule has 0 spiro atoms. The van der Waals surface area contributed by atoms with Crippen molar-refractivity contribution >= 4 is 0 Å². The first-order chi connectivity index (χ1) is 50.0. The van der Waals surface area contributed by atoms with E-state index >= 15 is 0 Å². The molecule has 6 nitrogen and oxygen atoms in total. The number of hydrogen-bond donors (Lipinski definition) is 0. The molecule has 6 aromatic heterocycles. The van der Waals surface area contributed by atoms with Gasteiger partial charge in [0.2, 0.25) is 0 Å². The van der Waals surface area contributed by atoms with Crippen molar-refractivity contribution in [3.05, 3.63) is 399 Å². The first kappa shape index (κ1) is 82.0. The van der Waals surface area contributed by atoms with Gasteiger partial charge in [0.1, 0.15) is 11.6 Å². The predicted molar refractivity (Wildman–Crippen MR) is 414 cm³/mol. The average Bonchev–Trinajstić information content (AvgIpc) is 0.828. The largest absolute Gasteiger partial charge is 0.305 e. The van der Waals surface area contributed by atoms with Crippen molar-refractivity contribution in [2.24, 2.45) is 5.92 Å². The number of aromatic nitrogens is 6. The zero-order valence-electron chi connectivity index (χ0n) is 59.2. The number of benzene rings is 9. The van der Waals surface area contributed by atoms with Crippen molar-refractivity contribution in [3.63, 3.8) is 0 Å². The molecular weight excluding hydrogens is 1830 g/mol. The van der Waals surface area contributed by atoms with Crippen molar-refractivity contribution in [1.82, 2.24) is 29.9 Å². The fraction of sp³-hybridized carbons (Fsp3) is 0.106. The minimum absolute atomic E-state index is 0. The monoisotopic (exact) mass is 1910 g/mol. The van der Waals surface area contributed by atoms with Gasteiger partial charge in [-0.25, -0.2) is 8.78 Å². The van der Waals surface area contributed by atoms with E-state index in [1.54, 1.807) is 43.1 Å². The predicted octanol–water partition coefficient (Wildman–Crippen LogP) is 23.8. The van der Waals surface area contributed by atoms with Crippen LogP contribution in [-0.2, 0) is 73.2 Å². The van der Waals surface area contributed by atoms with Crippen molar-refractivity contribution in [3.8, 4) is 101 Å². The first-order valence-corrected chi connectivity index (χ1v) is 34.1. The van der Waals surface area contributed by atoms with Gasteiger partial charge in [-0.2, -0.15) is 0 Å². The van der Waals surface area contributed by atoms with Crippen LogP contribution in [-0.4, -0.2) is 29.9 Å². The summed E-state index contributed by atoms with van der Waals surface area (Å²) in [6.07, 6.45) is 12.6. The Morgan fingerprint density at radius 1 is 0.295 bits per heavy atom. The molecule has 0 unspecified atom stereocenters. The molecule has 0 atom stereocenters. The van der Waals surface area contributed by atoms with Gasteiger partial charge in [-0.3, -0.25) is 0 Å². The Labute approximate surface area is 659 Å². The van der Waals surface area contributed by atoms with Crippen LogP contribution in [0.3, 0.4) is 0 Å². The van der Waals surface area contributed by atoms with Crippen LogP contribution in [0, 0.1) is 60.9 Å². The molecule has 0 aliphatic carbocycles. The van der Waals surface area contributed by atoms with Crippen LogP contribution in [0.25, 0.3) is 101 Å². The Morgan fingerprint density at radius 3 is 0.895 bits per heavy atom.